The van der Waals surface area contributed by atoms with E-state index in [-0.39, 0.29) is 17.8 Å². The second-order valence-corrected chi connectivity index (χ2v) is 6.81. The summed E-state index contributed by atoms with van der Waals surface area (Å²) in [7, 11) is 3.50. The van der Waals surface area contributed by atoms with Crippen molar-refractivity contribution in [2.75, 3.05) is 27.3 Å². The van der Waals surface area contributed by atoms with E-state index in [4.69, 9.17) is 9.84 Å². The van der Waals surface area contributed by atoms with Gasteiger partial charge in [-0.3, -0.25) is 4.99 Å². The fourth-order valence-corrected chi connectivity index (χ4v) is 3.50. The normalized spacial score (nSPS) is 16.9. The molecule has 0 amide bonds. The largest absolute Gasteiger partial charge is 0.392 e. The lowest BCUT2D eigenvalue weighted by atomic mass is 9.83. The maximum Gasteiger partial charge on any atom is 0.191 e. The first-order chi connectivity index (χ1) is 12.1. The van der Waals surface area contributed by atoms with Crippen LogP contribution in [0.4, 0.5) is 4.39 Å². The van der Waals surface area contributed by atoms with Gasteiger partial charge in [0.1, 0.15) is 5.82 Å². The summed E-state index contributed by atoms with van der Waals surface area (Å²) in [5.74, 6) is 0.355. The highest BCUT2D eigenvalue weighted by Gasteiger charge is 2.33. The van der Waals surface area contributed by atoms with Gasteiger partial charge < -0.3 is 20.5 Å². The van der Waals surface area contributed by atoms with Gasteiger partial charge in [0.25, 0.3) is 0 Å². The van der Waals surface area contributed by atoms with Crippen LogP contribution in [-0.4, -0.2) is 38.4 Å². The third-order valence-electron chi connectivity index (χ3n) is 5.10. The molecule has 1 aromatic rings. The summed E-state index contributed by atoms with van der Waals surface area (Å²) in [5.41, 5.74) is 1.50. The van der Waals surface area contributed by atoms with Crippen LogP contribution in [0.2, 0.25) is 0 Å². The van der Waals surface area contributed by atoms with Crippen molar-refractivity contribution in [1.29, 1.82) is 0 Å². The molecule has 0 aliphatic heterocycles. The highest BCUT2D eigenvalue weighted by Crippen LogP contribution is 2.40. The van der Waals surface area contributed by atoms with E-state index in [9.17, 15) is 4.39 Å². The van der Waals surface area contributed by atoms with Crippen LogP contribution in [0.15, 0.2) is 23.2 Å². The third kappa shape index (κ3) is 5.68. The number of aliphatic imine (C=N–C) groups is 1. The zero-order valence-electron chi connectivity index (χ0n) is 15.3. The molecule has 140 valence electrons. The van der Waals surface area contributed by atoms with Gasteiger partial charge in [-0.05, 0) is 42.4 Å². The Morgan fingerprint density at radius 3 is 2.72 bits per heavy atom. The molecule has 1 aliphatic carbocycles. The Labute approximate surface area is 149 Å². The predicted octanol–water partition coefficient (Wildman–Crippen LogP) is 2.58. The van der Waals surface area contributed by atoms with Gasteiger partial charge >= 0.3 is 0 Å². The molecule has 0 bridgehead atoms. The van der Waals surface area contributed by atoms with Crippen molar-refractivity contribution >= 4 is 5.96 Å². The van der Waals surface area contributed by atoms with Crippen molar-refractivity contribution in [3.8, 4) is 0 Å². The molecule has 0 radical (unpaired) electrons. The van der Waals surface area contributed by atoms with Gasteiger partial charge in [0.2, 0.25) is 0 Å². The number of rotatable bonds is 8. The van der Waals surface area contributed by atoms with E-state index in [1.807, 2.05) is 0 Å². The number of benzene rings is 1. The van der Waals surface area contributed by atoms with Gasteiger partial charge in [0.05, 0.1) is 6.61 Å². The maximum atomic E-state index is 13.4. The molecule has 5 nitrogen and oxygen atoms in total. The van der Waals surface area contributed by atoms with Crippen molar-refractivity contribution in [3.63, 3.8) is 0 Å². The zero-order valence-corrected chi connectivity index (χ0v) is 15.3. The molecular formula is C19H30FN3O2. The number of aliphatic hydroxyl groups is 1. The van der Waals surface area contributed by atoms with Crippen molar-refractivity contribution in [2.24, 2.45) is 10.4 Å². The van der Waals surface area contributed by atoms with Gasteiger partial charge in [0, 0.05) is 39.4 Å². The second-order valence-electron chi connectivity index (χ2n) is 6.81. The van der Waals surface area contributed by atoms with Crippen molar-refractivity contribution < 1.29 is 14.2 Å². The predicted molar refractivity (Wildman–Crippen MR) is 97.9 cm³/mol. The smallest absolute Gasteiger partial charge is 0.191 e. The van der Waals surface area contributed by atoms with Crippen LogP contribution >= 0.6 is 0 Å². The Hall–Kier alpha value is -1.66. The number of aliphatic hydroxyl groups excluding tert-OH is 1. The Kier molecular flexibility index (Phi) is 7.65. The van der Waals surface area contributed by atoms with E-state index in [0.29, 0.717) is 12.1 Å². The van der Waals surface area contributed by atoms with Gasteiger partial charge in [-0.25, -0.2) is 4.39 Å². The van der Waals surface area contributed by atoms with Crippen LogP contribution in [0, 0.1) is 11.2 Å². The minimum Gasteiger partial charge on any atom is -0.392 e. The summed E-state index contributed by atoms with van der Waals surface area (Å²) in [5, 5.41) is 15.9. The topological polar surface area (TPSA) is 65.9 Å². The number of methoxy groups -OCH3 is 1. The second kappa shape index (κ2) is 9.73. The van der Waals surface area contributed by atoms with Crippen LogP contribution in [-0.2, 0) is 17.9 Å². The monoisotopic (exact) mass is 351 g/mol. The molecular weight excluding hydrogens is 321 g/mol. The molecule has 25 heavy (non-hydrogen) atoms. The Morgan fingerprint density at radius 2 is 2.08 bits per heavy atom. The standard InChI is InChI=1S/C19H30FN3O2/c1-21-18(22-12-15-5-6-17(20)16(11-15)13-24)23-14-19(9-10-25-2)7-3-4-8-19/h5-6,11,24H,3-4,7-10,12-14H2,1-2H3,(H2,21,22,23). The fourth-order valence-electron chi connectivity index (χ4n) is 3.50. The van der Waals surface area contributed by atoms with E-state index < -0.39 is 0 Å². The fraction of sp³-hybridized carbons (Fsp3) is 0.632. The van der Waals surface area contributed by atoms with Crippen LogP contribution < -0.4 is 10.6 Å². The molecule has 3 N–H and O–H groups in total. The third-order valence-corrected chi connectivity index (χ3v) is 5.10. The number of nitrogens with zero attached hydrogens (tertiary/aromatic N) is 1. The number of hydrogen-bond donors (Lipinski definition) is 3. The van der Waals surface area contributed by atoms with E-state index >= 15 is 0 Å². The van der Waals surface area contributed by atoms with Gasteiger partial charge in [0.15, 0.2) is 5.96 Å². The molecule has 0 spiro atoms. The molecule has 1 saturated carbocycles. The molecule has 0 atom stereocenters. The minimum absolute atomic E-state index is 0.285. The first-order valence-electron chi connectivity index (χ1n) is 8.94. The summed E-state index contributed by atoms with van der Waals surface area (Å²) >= 11 is 0. The average Bonchev–Trinajstić information content (AvgIpc) is 3.10. The molecule has 0 unspecified atom stereocenters. The molecule has 2 rings (SSSR count). The van der Waals surface area contributed by atoms with Gasteiger partial charge in [-0.15, -0.1) is 0 Å². The van der Waals surface area contributed by atoms with Gasteiger partial charge in [-0.1, -0.05) is 18.9 Å². The minimum atomic E-state index is -0.380. The number of halogens is 1. The molecule has 1 fully saturated rings. The van der Waals surface area contributed by atoms with Crippen molar-refractivity contribution in [2.45, 2.75) is 45.3 Å². The summed E-state index contributed by atoms with van der Waals surface area (Å²) in [6.45, 7) is 1.89. The lowest BCUT2D eigenvalue weighted by Gasteiger charge is -2.30. The summed E-state index contributed by atoms with van der Waals surface area (Å²) in [6, 6.07) is 4.77. The molecule has 1 aliphatic rings. The number of ether oxygens (including phenoxy) is 1. The van der Waals surface area contributed by atoms with Crippen LogP contribution in [0.3, 0.4) is 0 Å². The van der Waals surface area contributed by atoms with E-state index in [2.05, 4.69) is 15.6 Å². The Balaban J connectivity index is 1.88. The first-order valence-corrected chi connectivity index (χ1v) is 8.94. The highest BCUT2D eigenvalue weighted by molar-refractivity contribution is 5.79. The first kappa shape index (κ1) is 19.7. The Morgan fingerprint density at radius 1 is 1.32 bits per heavy atom. The molecule has 6 heteroatoms. The lowest BCUT2D eigenvalue weighted by molar-refractivity contribution is 0.138. The number of hydrogen-bond acceptors (Lipinski definition) is 3. The van der Waals surface area contributed by atoms with Crippen LogP contribution in [0.25, 0.3) is 0 Å². The number of nitrogens with one attached hydrogen (secondary N) is 2. The Bertz CT molecular complexity index is 572. The highest BCUT2D eigenvalue weighted by atomic mass is 19.1. The SMILES string of the molecule is CN=C(NCc1ccc(F)c(CO)c1)NCC1(CCOC)CCCC1. The number of guanidine groups is 1. The van der Waals surface area contributed by atoms with E-state index in [1.54, 1.807) is 26.3 Å². The molecule has 0 heterocycles. The maximum absolute atomic E-state index is 13.4. The molecule has 1 aromatic carbocycles. The van der Waals surface area contributed by atoms with E-state index in [1.165, 1.54) is 31.7 Å². The van der Waals surface area contributed by atoms with Crippen LogP contribution in [0.5, 0.6) is 0 Å². The van der Waals surface area contributed by atoms with E-state index in [0.717, 1.165) is 31.1 Å². The quantitative estimate of drug-likeness (QED) is 0.497. The van der Waals surface area contributed by atoms with Crippen molar-refractivity contribution in [3.05, 3.63) is 35.1 Å². The average molecular weight is 351 g/mol. The van der Waals surface area contributed by atoms with Gasteiger partial charge in [-0.2, -0.15) is 0 Å². The van der Waals surface area contributed by atoms with Crippen LogP contribution in [0.1, 0.15) is 43.2 Å². The summed E-state index contributed by atoms with van der Waals surface area (Å²) < 4.78 is 18.7. The zero-order chi connectivity index (χ0) is 18.1. The lowest BCUT2D eigenvalue weighted by Crippen LogP contribution is -2.43. The summed E-state index contributed by atoms with van der Waals surface area (Å²) in [6.07, 6.45) is 6.05. The molecule has 0 saturated heterocycles. The van der Waals surface area contributed by atoms with Crippen molar-refractivity contribution in [1.82, 2.24) is 10.6 Å². The summed E-state index contributed by atoms with van der Waals surface area (Å²) in [4.78, 5) is 4.28. The molecule has 0 aromatic heterocycles.